The number of nitrogens with zero attached hydrogens (tertiary/aromatic N) is 5. The second kappa shape index (κ2) is 16.8. The van der Waals surface area contributed by atoms with Crippen LogP contribution in [0.15, 0.2) is 66.9 Å². The fourth-order valence-electron chi connectivity index (χ4n) is 6.49. The van der Waals surface area contributed by atoms with Crippen LogP contribution < -0.4 is 20.9 Å². The van der Waals surface area contributed by atoms with Gasteiger partial charge in [0.2, 0.25) is 17.6 Å². The van der Waals surface area contributed by atoms with E-state index in [0.717, 1.165) is 54.0 Å². The summed E-state index contributed by atoms with van der Waals surface area (Å²) >= 11 is 0. The third-order valence-electron chi connectivity index (χ3n) is 9.35. The summed E-state index contributed by atoms with van der Waals surface area (Å²) in [5.41, 5.74) is 3.68. The molecule has 6 rings (SSSR count). The van der Waals surface area contributed by atoms with E-state index in [-0.39, 0.29) is 23.7 Å². The summed E-state index contributed by atoms with van der Waals surface area (Å²) in [4.78, 5) is 46.4. The molecule has 1 saturated heterocycles. The largest absolute Gasteiger partial charge is 0.444 e. The van der Waals surface area contributed by atoms with Gasteiger partial charge in [-0.25, -0.2) is 9.78 Å². The van der Waals surface area contributed by atoms with Gasteiger partial charge in [-0.2, -0.15) is 5.21 Å². The molecule has 3 heterocycles. The monoisotopic (exact) mass is 709 g/mol. The molecule has 0 spiro atoms. The molecule has 0 unspecified atom stereocenters. The van der Waals surface area contributed by atoms with Crippen LogP contribution in [-0.2, 0) is 25.5 Å². The molecule has 0 radical (unpaired) electrons. The van der Waals surface area contributed by atoms with Gasteiger partial charge < -0.3 is 30.3 Å². The van der Waals surface area contributed by atoms with Gasteiger partial charge >= 0.3 is 6.09 Å². The van der Waals surface area contributed by atoms with Gasteiger partial charge in [0, 0.05) is 55.0 Å². The van der Waals surface area contributed by atoms with Gasteiger partial charge in [-0.05, 0) is 105 Å². The highest BCUT2D eigenvalue weighted by molar-refractivity contribution is 5.97. The number of benzene rings is 2. The summed E-state index contributed by atoms with van der Waals surface area (Å²) in [7, 11) is 0. The fourth-order valence-corrected chi connectivity index (χ4v) is 6.49. The number of carbonyl (C=O) groups excluding carboxylic acids is 3. The Morgan fingerprint density at radius 2 is 1.62 bits per heavy atom. The minimum absolute atomic E-state index is 0.144. The van der Waals surface area contributed by atoms with Crippen LogP contribution in [0.2, 0.25) is 0 Å². The fraction of sp³-hybridized carbons (Fsp3) is 0.447. The molecule has 1 atom stereocenters. The summed E-state index contributed by atoms with van der Waals surface area (Å²) in [6.45, 7) is 9.05. The highest BCUT2D eigenvalue weighted by Gasteiger charge is 2.30. The lowest BCUT2D eigenvalue weighted by Crippen LogP contribution is -2.48. The van der Waals surface area contributed by atoms with Crippen molar-refractivity contribution in [3.63, 3.8) is 0 Å². The van der Waals surface area contributed by atoms with Crippen molar-refractivity contribution in [2.45, 2.75) is 64.5 Å². The zero-order valence-corrected chi connectivity index (χ0v) is 29.9. The number of hydrogen-bond donors (Lipinski definition) is 4. The summed E-state index contributed by atoms with van der Waals surface area (Å²) in [5, 5.41) is 22.9. The predicted octanol–water partition coefficient (Wildman–Crippen LogP) is 4.76. The zero-order chi connectivity index (χ0) is 36.5. The van der Waals surface area contributed by atoms with Crippen LogP contribution >= 0.6 is 0 Å². The summed E-state index contributed by atoms with van der Waals surface area (Å²) in [6.07, 6.45) is 4.68. The van der Waals surface area contributed by atoms with E-state index in [2.05, 4.69) is 52.5 Å². The van der Waals surface area contributed by atoms with E-state index < -0.39 is 17.7 Å². The van der Waals surface area contributed by atoms with Gasteiger partial charge in [0.15, 0.2) is 0 Å². The van der Waals surface area contributed by atoms with Crippen molar-refractivity contribution >= 4 is 29.4 Å². The third kappa shape index (κ3) is 10.1. The topological polar surface area (TPSA) is 176 Å². The number of aromatic nitrogens is 5. The average Bonchev–Trinajstić information content (AvgIpc) is 3.70. The number of carbonyl (C=O) groups is 3. The number of amides is 3. The Kier molecular flexibility index (Phi) is 11.7. The molecule has 3 amide bonds. The molecule has 1 aliphatic carbocycles. The minimum atomic E-state index is -0.809. The molecule has 2 aromatic heterocycles. The third-order valence-corrected chi connectivity index (χ3v) is 9.35. The maximum Gasteiger partial charge on any atom is 0.407 e. The summed E-state index contributed by atoms with van der Waals surface area (Å²) < 4.78 is 10.8. The second-order valence-electron chi connectivity index (χ2n) is 14.4. The number of tetrazole rings is 1. The molecule has 2 aromatic carbocycles. The first-order chi connectivity index (χ1) is 25.1. The van der Waals surface area contributed by atoms with Gasteiger partial charge in [-0.1, -0.05) is 24.3 Å². The number of H-pyrrole nitrogens is 1. The van der Waals surface area contributed by atoms with E-state index in [1.165, 1.54) is 0 Å². The lowest BCUT2D eigenvalue weighted by Gasteiger charge is -2.29. The van der Waals surface area contributed by atoms with Crippen LogP contribution in [0.5, 0.6) is 0 Å². The number of ether oxygens (including phenoxy) is 2. The van der Waals surface area contributed by atoms with E-state index in [1.54, 1.807) is 24.3 Å². The Labute approximate surface area is 303 Å². The van der Waals surface area contributed by atoms with Crippen molar-refractivity contribution in [3.05, 3.63) is 72.4 Å². The maximum atomic E-state index is 13.8. The highest BCUT2D eigenvalue weighted by atomic mass is 16.6. The van der Waals surface area contributed by atoms with Crippen molar-refractivity contribution < 1.29 is 23.9 Å². The average molecular weight is 710 g/mol. The standard InChI is InChI=1S/C38H47N9O5/c1-38(2,3)52-37(50)40-23-26-6-10-29(11-7-26)35(48)42-32(36(49)41-31-15-12-28(13-16-31)34-43-45-46-44-34)22-25-4-8-27(9-5-25)30-14-17-33(39-24-30)47-18-20-51-21-19-47/h4-5,8-9,12-17,24,26,29,32H,6-7,10-11,18-23H2,1-3H3,(H,40,50)(H,41,49)(H,42,48)(H,43,44,45,46)/t26?,29?,32-/m0/s1. The molecule has 2 aliphatic rings. The minimum Gasteiger partial charge on any atom is -0.444 e. The van der Waals surface area contributed by atoms with Crippen LogP contribution in [0.3, 0.4) is 0 Å². The summed E-state index contributed by atoms with van der Waals surface area (Å²) in [6, 6.07) is 18.4. The first kappa shape index (κ1) is 36.4. The molecule has 274 valence electrons. The number of nitrogens with one attached hydrogen (secondary N) is 4. The molecule has 0 bridgehead atoms. The first-order valence-electron chi connectivity index (χ1n) is 17.9. The van der Waals surface area contributed by atoms with E-state index in [4.69, 9.17) is 9.47 Å². The molecular weight excluding hydrogens is 662 g/mol. The summed E-state index contributed by atoms with van der Waals surface area (Å²) in [5.74, 6) is 0.958. The Morgan fingerprint density at radius 1 is 0.923 bits per heavy atom. The van der Waals surface area contributed by atoms with Crippen LogP contribution in [-0.4, -0.2) is 88.0 Å². The van der Waals surface area contributed by atoms with Crippen LogP contribution in [0.4, 0.5) is 16.3 Å². The van der Waals surface area contributed by atoms with Crippen molar-refractivity contribution in [1.82, 2.24) is 36.2 Å². The van der Waals surface area contributed by atoms with Gasteiger partial charge in [-0.15, -0.1) is 10.2 Å². The van der Waals surface area contributed by atoms with Crippen molar-refractivity contribution in [3.8, 4) is 22.5 Å². The van der Waals surface area contributed by atoms with Gasteiger partial charge in [0.05, 0.1) is 13.2 Å². The molecule has 4 aromatic rings. The second-order valence-corrected chi connectivity index (χ2v) is 14.4. The van der Waals surface area contributed by atoms with Gasteiger partial charge in [0.1, 0.15) is 17.5 Å². The van der Waals surface area contributed by atoms with Crippen molar-refractivity contribution in [2.75, 3.05) is 43.1 Å². The smallest absolute Gasteiger partial charge is 0.407 e. The van der Waals surface area contributed by atoms with Crippen molar-refractivity contribution in [2.24, 2.45) is 11.8 Å². The van der Waals surface area contributed by atoms with E-state index in [0.29, 0.717) is 50.5 Å². The molecule has 14 nitrogen and oxygen atoms in total. The lowest BCUT2D eigenvalue weighted by molar-refractivity contribution is -0.130. The van der Waals surface area contributed by atoms with E-state index in [1.807, 2.05) is 57.3 Å². The predicted molar refractivity (Wildman–Crippen MR) is 196 cm³/mol. The maximum absolute atomic E-state index is 13.8. The van der Waals surface area contributed by atoms with Crippen LogP contribution in [0.1, 0.15) is 52.0 Å². The van der Waals surface area contributed by atoms with Crippen molar-refractivity contribution in [1.29, 1.82) is 0 Å². The number of hydrogen-bond acceptors (Lipinski definition) is 10. The number of pyridine rings is 1. The molecule has 2 fully saturated rings. The Balaban J connectivity index is 1.09. The van der Waals surface area contributed by atoms with Gasteiger partial charge in [-0.3, -0.25) is 9.59 Å². The Bertz CT molecular complexity index is 1760. The number of alkyl carbamates (subject to hydrolysis) is 1. The Hall–Kier alpha value is -5.37. The van der Waals surface area contributed by atoms with Gasteiger partial charge in [0.25, 0.3) is 0 Å². The lowest BCUT2D eigenvalue weighted by atomic mass is 9.81. The van der Waals surface area contributed by atoms with E-state index in [9.17, 15) is 14.4 Å². The van der Waals surface area contributed by atoms with E-state index >= 15 is 0 Å². The molecule has 4 N–H and O–H groups in total. The number of rotatable bonds is 11. The quantitative estimate of drug-likeness (QED) is 0.170. The SMILES string of the molecule is CC(C)(C)OC(=O)NCC1CCC(C(=O)N[C@@H](Cc2ccc(-c3ccc(N4CCOCC4)nc3)cc2)C(=O)Nc2ccc(-c3nn[nH]n3)cc2)CC1. The Morgan fingerprint density at radius 3 is 2.25 bits per heavy atom. The van der Waals surface area contributed by atoms with Crippen LogP contribution in [0, 0.1) is 11.8 Å². The van der Waals surface area contributed by atoms with Crippen LogP contribution in [0.25, 0.3) is 22.5 Å². The molecule has 1 saturated carbocycles. The number of morpholine rings is 1. The molecule has 52 heavy (non-hydrogen) atoms. The molecule has 14 heteroatoms. The normalized spacial score (nSPS) is 18.2. The molecule has 1 aliphatic heterocycles. The zero-order valence-electron chi connectivity index (χ0n) is 29.9. The first-order valence-corrected chi connectivity index (χ1v) is 17.9. The molecular formula is C38H47N9O5. The number of aromatic amines is 1. The highest BCUT2D eigenvalue weighted by Crippen LogP contribution is 2.29. The number of anilines is 2.